The molecule has 1 amide bonds. The Balaban J connectivity index is 1.31. The first kappa shape index (κ1) is 18.4. The van der Waals surface area contributed by atoms with Crippen molar-refractivity contribution in [3.63, 3.8) is 0 Å². The zero-order chi connectivity index (χ0) is 19.3. The van der Waals surface area contributed by atoms with Gasteiger partial charge in [0.25, 0.3) is 5.91 Å². The van der Waals surface area contributed by atoms with Crippen LogP contribution < -0.4 is 5.32 Å². The average Bonchev–Trinajstić information content (AvgIpc) is 3.40. The lowest BCUT2D eigenvalue weighted by molar-refractivity contribution is 0.0885. The van der Waals surface area contributed by atoms with Crippen LogP contribution in [-0.4, -0.2) is 38.8 Å². The Morgan fingerprint density at radius 2 is 2.11 bits per heavy atom. The number of aromatic nitrogens is 4. The summed E-state index contributed by atoms with van der Waals surface area (Å²) in [7, 11) is 1.59. The Morgan fingerprint density at radius 1 is 1.25 bits per heavy atom. The molecule has 0 bridgehead atoms. The molecule has 0 atom stereocenters. The van der Waals surface area contributed by atoms with Gasteiger partial charge in [0.1, 0.15) is 12.4 Å². The molecule has 8 heteroatoms. The number of amides is 1. The summed E-state index contributed by atoms with van der Waals surface area (Å²) < 4.78 is 12.5. The van der Waals surface area contributed by atoms with E-state index in [1.165, 1.54) is 0 Å². The van der Waals surface area contributed by atoms with Gasteiger partial charge in [-0.25, -0.2) is 0 Å². The van der Waals surface area contributed by atoms with Gasteiger partial charge in [0.2, 0.25) is 0 Å². The molecule has 4 rings (SSSR count). The van der Waals surface area contributed by atoms with E-state index >= 15 is 0 Å². The predicted molar refractivity (Wildman–Crippen MR) is 101 cm³/mol. The molecular formula is C20H23N5O3. The van der Waals surface area contributed by atoms with Crippen LogP contribution in [0.2, 0.25) is 0 Å². The van der Waals surface area contributed by atoms with E-state index in [1.807, 2.05) is 17.1 Å². The van der Waals surface area contributed by atoms with Crippen LogP contribution in [0, 0.1) is 0 Å². The second-order valence-corrected chi connectivity index (χ2v) is 6.98. The number of furan rings is 1. The minimum Gasteiger partial charge on any atom is -0.453 e. The van der Waals surface area contributed by atoms with E-state index in [9.17, 15) is 4.79 Å². The first-order valence-electron chi connectivity index (χ1n) is 9.42. The minimum absolute atomic E-state index is 0.148. The van der Waals surface area contributed by atoms with E-state index in [0.717, 1.165) is 36.9 Å². The molecule has 28 heavy (non-hydrogen) atoms. The Bertz CT molecular complexity index is 913. The molecule has 1 N–H and O–H groups in total. The van der Waals surface area contributed by atoms with Gasteiger partial charge in [-0.05, 0) is 37.8 Å². The van der Waals surface area contributed by atoms with Gasteiger partial charge in [-0.3, -0.25) is 19.4 Å². The Morgan fingerprint density at radius 3 is 2.86 bits per heavy atom. The molecule has 0 saturated heterocycles. The van der Waals surface area contributed by atoms with Crippen LogP contribution in [0.25, 0.3) is 11.3 Å². The van der Waals surface area contributed by atoms with Gasteiger partial charge in [0, 0.05) is 37.3 Å². The largest absolute Gasteiger partial charge is 0.453 e. The predicted octanol–water partition coefficient (Wildman–Crippen LogP) is 2.99. The molecular weight excluding hydrogens is 358 g/mol. The number of methoxy groups -OCH3 is 1. The highest BCUT2D eigenvalue weighted by atomic mass is 16.5. The maximum atomic E-state index is 12.4. The number of hydrogen-bond donors (Lipinski definition) is 1. The second kappa shape index (κ2) is 8.35. The fraction of sp³-hybridized carbons (Fsp3) is 0.400. The first-order valence-corrected chi connectivity index (χ1v) is 9.42. The van der Waals surface area contributed by atoms with Crippen molar-refractivity contribution in [3.05, 3.63) is 54.6 Å². The lowest BCUT2D eigenvalue weighted by Gasteiger charge is -2.29. The van der Waals surface area contributed by atoms with Crippen LogP contribution in [0.3, 0.4) is 0 Å². The topological polar surface area (TPSA) is 95.1 Å². The van der Waals surface area contributed by atoms with E-state index in [-0.39, 0.29) is 11.9 Å². The number of ether oxygens (including phenoxy) is 1. The van der Waals surface area contributed by atoms with E-state index in [2.05, 4.69) is 20.4 Å². The molecule has 3 heterocycles. The lowest BCUT2D eigenvalue weighted by Crippen LogP contribution is -2.37. The summed E-state index contributed by atoms with van der Waals surface area (Å²) >= 11 is 0. The van der Waals surface area contributed by atoms with E-state index in [1.54, 1.807) is 37.8 Å². The summed E-state index contributed by atoms with van der Waals surface area (Å²) in [6.07, 6.45) is 12.6. The molecule has 0 radical (unpaired) electrons. The van der Waals surface area contributed by atoms with Crippen molar-refractivity contribution in [2.24, 2.45) is 0 Å². The Hall–Kier alpha value is -3.00. The smallest absolute Gasteiger partial charge is 0.287 e. The molecule has 0 unspecified atom stereocenters. The first-order chi connectivity index (χ1) is 13.7. The van der Waals surface area contributed by atoms with Crippen molar-refractivity contribution < 1.29 is 13.9 Å². The molecule has 3 aromatic heterocycles. The number of nitrogens with zero attached hydrogens (tertiary/aromatic N) is 4. The Kier molecular flexibility index (Phi) is 5.48. The van der Waals surface area contributed by atoms with Crippen LogP contribution in [0.5, 0.6) is 0 Å². The third-order valence-corrected chi connectivity index (χ3v) is 5.04. The summed E-state index contributed by atoms with van der Waals surface area (Å²) in [5.74, 6) is 0.804. The number of carbonyl (C=O) groups is 1. The maximum absolute atomic E-state index is 12.4. The van der Waals surface area contributed by atoms with Gasteiger partial charge >= 0.3 is 0 Å². The monoisotopic (exact) mass is 381 g/mol. The van der Waals surface area contributed by atoms with Crippen molar-refractivity contribution in [1.29, 1.82) is 0 Å². The molecule has 0 aliphatic heterocycles. The summed E-state index contributed by atoms with van der Waals surface area (Å²) in [6, 6.07) is 3.93. The number of rotatable bonds is 6. The molecule has 8 nitrogen and oxygen atoms in total. The second-order valence-electron chi connectivity index (χ2n) is 6.98. The zero-order valence-corrected chi connectivity index (χ0v) is 15.7. The molecule has 1 aliphatic carbocycles. The average molecular weight is 381 g/mol. The molecule has 146 valence electrons. The number of hydrogen-bond acceptors (Lipinski definition) is 6. The summed E-state index contributed by atoms with van der Waals surface area (Å²) in [5, 5.41) is 7.58. The molecule has 1 saturated carbocycles. The third kappa shape index (κ3) is 4.12. The van der Waals surface area contributed by atoms with E-state index in [4.69, 9.17) is 9.15 Å². The van der Waals surface area contributed by atoms with Gasteiger partial charge in [0.05, 0.1) is 24.1 Å². The minimum atomic E-state index is -0.171. The van der Waals surface area contributed by atoms with Crippen LogP contribution >= 0.6 is 0 Å². The fourth-order valence-corrected chi connectivity index (χ4v) is 3.58. The Labute approximate surface area is 162 Å². The van der Waals surface area contributed by atoms with Crippen molar-refractivity contribution in [2.45, 2.75) is 44.4 Å². The number of nitrogens with one attached hydrogen (secondary N) is 1. The van der Waals surface area contributed by atoms with E-state index in [0.29, 0.717) is 24.2 Å². The van der Waals surface area contributed by atoms with Gasteiger partial charge in [-0.1, -0.05) is 0 Å². The SMILES string of the molecule is COCc1ccc(C(=O)NC2CCC(n3cc(-c4cnccn4)cn3)CC2)o1. The van der Waals surface area contributed by atoms with Crippen molar-refractivity contribution in [1.82, 2.24) is 25.1 Å². The third-order valence-electron chi connectivity index (χ3n) is 5.04. The normalized spacial score (nSPS) is 19.5. The van der Waals surface area contributed by atoms with Crippen LogP contribution in [0.4, 0.5) is 0 Å². The molecule has 3 aromatic rings. The molecule has 0 aromatic carbocycles. The molecule has 1 fully saturated rings. The molecule has 0 spiro atoms. The van der Waals surface area contributed by atoms with Crippen LogP contribution in [0.1, 0.15) is 48.0 Å². The quantitative estimate of drug-likeness (QED) is 0.705. The standard InChI is InChI=1S/C20H23N5O3/c1-27-13-17-6-7-19(28-17)20(26)24-15-2-4-16(5-3-15)25-12-14(10-23-25)18-11-21-8-9-22-18/h6-12,15-16H,2-5,13H2,1H3,(H,24,26). The van der Waals surface area contributed by atoms with Gasteiger partial charge in [-0.2, -0.15) is 5.10 Å². The van der Waals surface area contributed by atoms with Crippen molar-refractivity contribution in [3.8, 4) is 11.3 Å². The van der Waals surface area contributed by atoms with Gasteiger partial charge in [0.15, 0.2) is 5.76 Å². The highest BCUT2D eigenvalue weighted by molar-refractivity contribution is 5.91. The lowest BCUT2D eigenvalue weighted by atomic mass is 9.91. The molecule has 1 aliphatic rings. The fourth-order valence-electron chi connectivity index (χ4n) is 3.58. The highest BCUT2D eigenvalue weighted by Gasteiger charge is 2.25. The van der Waals surface area contributed by atoms with Crippen molar-refractivity contribution in [2.75, 3.05) is 7.11 Å². The summed E-state index contributed by atoms with van der Waals surface area (Å²) in [6.45, 7) is 0.360. The summed E-state index contributed by atoms with van der Waals surface area (Å²) in [5.41, 5.74) is 1.79. The van der Waals surface area contributed by atoms with Crippen LogP contribution in [-0.2, 0) is 11.3 Å². The highest BCUT2D eigenvalue weighted by Crippen LogP contribution is 2.29. The number of carbonyl (C=O) groups excluding carboxylic acids is 1. The summed E-state index contributed by atoms with van der Waals surface area (Å²) in [4.78, 5) is 20.8. The van der Waals surface area contributed by atoms with Crippen molar-refractivity contribution >= 4 is 5.91 Å². The van der Waals surface area contributed by atoms with Gasteiger partial charge < -0.3 is 14.5 Å². The van der Waals surface area contributed by atoms with Crippen LogP contribution in [0.15, 0.2) is 47.5 Å². The van der Waals surface area contributed by atoms with E-state index < -0.39 is 0 Å². The zero-order valence-electron chi connectivity index (χ0n) is 15.7. The maximum Gasteiger partial charge on any atom is 0.287 e. The van der Waals surface area contributed by atoms with Gasteiger partial charge in [-0.15, -0.1) is 0 Å².